The molecular weight excluding hydrogens is 436 g/mol. The van der Waals surface area contributed by atoms with Crippen molar-refractivity contribution in [2.45, 2.75) is 12.8 Å². The largest absolute Gasteiger partial charge is 0.496 e. The van der Waals surface area contributed by atoms with Crippen LogP contribution in [0.3, 0.4) is 0 Å². The molecule has 0 radical (unpaired) electrons. The van der Waals surface area contributed by atoms with Gasteiger partial charge in [-0.15, -0.1) is 0 Å². The fraction of sp³-hybridized carbons (Fsp3) is 0.148. The van der Waals surface area contributed by atoms with Gasteiger partial charge in [0.25, 0.3) is 0 Å². The Morgan fingerprint density at radius 3 is 2.09 bits per heavy atom. The molecule has 0 spiro atoms. The molecule has 1 fully saturated rings. The van der Waals surface area contributed by atoms with Gasteiger partial charge in [0, 0.05) is 34.9 Å². The van der Waals surface area contributed by atoms with Crippen LogP contribution in [0.25, 0.3) is 12.2 Å². The van der Waals surface area contributed by atoms with Crippen LogP contribution in [-0.2, 0) is 14.4 Å². The predicted octanol–water partition coefficient (Wildman–Crippen LogP) is 4.72. The SMILES string of the molecule is C=CC(=O)Oc1ccc(/C=C2\CC/C(=C\c3ccc(OC(=O)C=C)c(OC)c3)C2=O)c(OC)c1. The first kappa shape index (κ1) is 24.3. The molecule has 34 heavy (non-hydrogen) atoms. The number of esters is 2. The van der Waals surface area contributed by atoms with Crippen molar-refractivity contribution >= 4 is 29.9 Å². The van der Waals surface area contributed by atoms with Crippen molar-refractivity contribution in [1.29, 1.82) is 0 Å². The van der Waals surface area contributed by atoms with Gasteiger partial charge >= 0.3 is 11.9 Å². The molecule has 3 rings (SSSR count). The standard InChI is InChI=1S/C27H24O7/c1-5-25(28)33-21-11-10-18(23(16-21)31-3)15-20-9-8-19(27(20)30)13-17-7-12-22(24(14-17)32-4)34-26(29)6-2/h5-7,10-16H,1-2,8-9H2,3-4H3/b19-13+,20-15+. The van der Waals surface area contributed by atoms with E-state index in [4.69, 9.17) is 18.9 Å². The van der Waals surface area contributed by atoms with Crippen molar-refractivity contribution in [2.75, 3.05) is 14.2 Å². The van der Waals surface area contributed by atoms with E-state index in [0.29, 0.717) is 46.8 Å². The maximum Gasteiger partial charge on any atom is 0.335 e. The fourth-order valence-electron chi connectivity index (χ4n) is 3.41. The third kappa shape index (κ3) is 5.69. The highest BCUT2D eigenvalue weighted by Crippen LogP contribution is 2.34. The van der Waals surface area contributed by atoms with Crippen LogP contribution in [0.1, 0.15) is 24.0 Å². The van der Waals surface area contributed by atoms with E-state index in [-0.39, 0.29) is 11.5 Å². The normalized spacial score (nSPS) is 15.2. The van der Waals surface area contributed by atoms with Gasteiger partial charge in [0.15, 0.2) is 17.3 Å². The van der Waals surface area contributed by atoms with E-state index in [0.717, 1.165) is 17.7 Å². The number of rotatable bonds is 8. The molecule has 7 heteroatoms. The Morgan fingerprint density at radius 2 is 1.44 bits per heavy atom. The molecule has 0 heterocycles. The molecule has 1 aliphatic rings. The summed E-state index contributed by atoms with van der Waals surface area (Å²) in [6, 6.07) is 9.97. The summed E-state index contributed by atoms with van der Waals surface area (Å²) in [6.45, 7) is 6.75. The van der Waals surface area contributed by atoms with Crippen LogP contribution in [0.2, 0.25) is 0 Å². The number of ketones is 1. The molecule has 2 aromatic rings. The Kier molecular flexibility index (Phi) is 7.82. The first-order valence-corrected chi connectivity index (χ1v) is 10.4. The monoisotopic (exact) mass is 460 g/mol. The maximum absolute atomic E-state index is 13.0. The zero-order chi connectivity index (χ0) is 24.7. The molecule has 174 valence electrons. The van der Waals surface area contributed by atoms with Gasteiger partial charge in [0.1, 0.15) is 11.5 Å². The van der Waals surface area contributed by atoms with Crippen molar-refractivity contribution in [3.8, 4) is 23.0 Å². The average molecular weight is 460 g/mol. The first-order valence-electron chi connectivity index (χ1n) is 10.4. The summed E-state index contributed by atoms with van der Waals surface area (Å²) >= 11 is 0. The average Bonchev–Trinajstić information content (AvgIpc) is 3.19. The summed E-state index contributed by atoms with van der Waals surface area (Å²) in [6.07, 6.45) is 6.87. The lowest BCUT2D eigenvalue weighted by atomic mass is 10.1. The third-order valence-corrected chi connectivity index (χ3v) is 5.07. The Bertz CT molecular complexity index is 1220. The van der Waals surface area contributed by atoms with Gasteiger partial charge in [-0.1, -0.05) is 19.2 Å². The second-order valence-electron chi connectivity index (χ2n) is 7.23. The van der Waals surface area contributed by atoms with Crippen molar-refractivity contribution in [1.82, 2.24) is 0 Å². The second-order valence-corrected chi connectivity index (χ2v) is 7.23. The van der Waals surface area contributed by atoms with E-state index in [1.807, 2.05) is 0 Å². The van der Waals surface area contributed by atoms with Crippen LogP contribution in [-0.4, -0.2) is 31.9 Å². The number of benzene rings is 2. The lowest BCUT2D eigenvalue weighted by Crippen LogP contribution is -2.04. The summed E-state index contributed by atoms with van der Waals surface area (Å²) in [7, 11) is 2.97. The molecule has 1 aliphatic carbocycles. The van der Waals surface area contributed by atoms with Gasteiger partial charge in [-0.25, -0.2) is 9.59 Å². The van der Waals surface area contributed by atoms with Gasteiger partial charge in [0.05, 0.1) is 14.2 Å². The van der Waals surface area contributed by atoms with Gasteiger partial charge in [-0.3, -0.25) is 4.79 Å². The Hall–Kier alpha value is -4.39. The van der Waals surface area contributed by atoms with Crippen molar-refractivity contribution in [3.05, 3.63) is 84.0 Å². The molecule has 0 amide bonds. The van der Waals surface area contributed by atoms with Crippen molar-refractivity contribution in [2.24, 2.45) is 0 Å². The Morgan fingerprint density at radius 1 is 0.794 bits per heavy atom. The van der Waals surface area contributed by atoms with Crippen LogP contribution < -0.4 is 18.9 Å². The highest BCUT2D eigenvalue weighted by molar-refractivity contribution is 6.15. The Labute approximate surface area is 197 Å². The highest BCUT2D eigenvalue weighted by atomic mass is 16.6. The van der Waals surface area contributed by atoms with Crippen LogP contribution >= 0.6 is 0 Å². The summed E-state index contributed by atoms with van der Waals surface area (Å²) in [5.41, 5.74) is 2.73. The van der Waals surface area contributed by atoms with Crippen LogP contribution in [0.15, 0.2) is 72.9 Å². The van der Waals surface area contributed by atoms with E-state index >= 15 is 0 Å². The zero-order valence-corrected chi connectivity index (χ0v) is 19.0. The summed E-state index contributed by atoms with van der Waals surface area (Å²) in [5.74, 6) is 0.199. The van der Waals surface area contributed by atoms with E-state index in [9.17, 15) is 14.4 Å². The molecule has 0 atom stereocenters. The number of carbonyl (C=O) groups excluding carboxylic acids is 3. The van der Waals surface area contributed by atoms with Gasteiger partial charge in [-0.05, 0) is 54.8 Å². The quantitative estimate of drug-likeness (QED) is 0.320. The number of allylic oxidation sites excluding steroid dienone is 2. The molecule has 0 aliphatic heterocycles. The van der Waals surface area contributed by atoms with Crippen molar-refractivity contribution in [3.63, 3.8) is 0 Å². The van der Waals surface area contributed by atoms with Crippen molar-refractivity contribution < 1.29 is 33.3 Å². The number of ether oxygens (including phenoxy) is 4. The van der Waals surface area contributed by atoms with Crippen LogP contribution in [0.4, 0.5) is 0 Å². The predicted molar refractivity (Wildman–Crippen MR) is 128 cm³/mol. The van der Waals surface area contributed by atoms with E-state index in [1.165, 1.54) is 14.2 Å². The number of Topliss-reactive ketones (excluding diaryl/α,β-unsaturated/α-hetero) is 1. The molecule has 0 saturated heterocycles. The molecule has 0 N–H and O–H groups in total. The smallest absolute Gasteiger partial charge is 0.335 e. The van der Waals surface area contributed by atoms with E-state index < -0.39 is 11.9 Å². The van der Waals surface area contributed by atoms with Crippen LogP contribution in [0, 0.1) is 0 Å². The molecule has 0 aromatic heterocycles. The second kappa shape index (κ2) is 11.0. The van der Waals surface area contributed by atoms with E-state index in [2.05, 4.69) is 13.2 Å². The van der Waals surface area contributed by atoms with Gasteiger partial charge in [0.2, 0.25) is 0 Å². The zero-order valence-electron chi connectivity index (χ0n) is 19.0. The van der Waals surface area contributed by atoms with E-state index in [1.54, 1.807) is 48.6 Å². The van der Waals surface area contributed by atoms with Gasteiger partial charge in [-0.2, -0.15) is 0 Å². The number of carbonyl (C=O) groups is 3. The summed E-state index contributed by atoms with van der Waals surface area (Å²) in [4.78, 5) is 35.9. The Balaban J connectivity index is 1.83. The maximum atomic E-state index is 13.0. The lowest BCUT2D eigenvalue weighted by molar-refractivity contribution is -0.129. The minimum atomic E-state index is -0.590. The minimum Gasteiger partial charge on any atom is -0.496 e. The van der Waals surface area contributed by atoms with Crippen LogP contribution in [0.5, 0.6) is 23.0 Å². The lowest BCUT2D eigenvalue weighted by Gasteiger charge is -2.09. The van der Waals surface area contributed by atoms with Gasteiger partial charge < -0.3 is 18.9 Å². The highest BCUT2D eigenvalue weighted by Gasteiger charge is 2.24. The molecule has 2 aromatic carbocycles. The fourth-order valence-corrected chi connectivity index (χ4v) is 3.41. The number of hydrogen-bond donors (Lipinski definition) is 0. The summed E-state index contributed by atoms with van der Waals surface area (Å²) in [5, 5.41) is 0. The molecule has 0 unspecified atom stereocenters. The summed E-state index contributed by atoms with van der Waals surface area (Å²) < 4.78 is 21.0. The molecule has 1 saturated carbocycles. The minimum absolute atomic E-state index is 0.0645. The number of methoxy groups -OCH3 is 2. The third-order valence-electron chi connectivity index (χ3n) is 5.07. The molecule has 0 bridgehead atoms. The molecular formula is C27H24O7. The first-order chi connectivity index (χ1) is 16.4. The number of hydrogen-bond acceptors (Lipinski definition) is 7. The molecule has 7 nitrogen and oxygen atoms in total. The topological polar surface area (TPSA) is 88.1 Å².